The number of hydrogen-bond donors (Lipinski definition) is 1. The molecule has 2 atom stereocenters. The number of nitrogens with one attached hydrogen (secondary N) is 1. The maximum Gasteiger partial charge on any atom is 0.248 e. The quantitative estimate of drug-likeness (QED) is 0.396. The molecule has 0 aliphatic carbocycles. The fourth-order valence-electron chi connectivity index (χ4n) is 4.36. The minimum atomic E-state index is -0.363. The monoisotopic (exact) mass is 561 g/mol. The van der Waals surface area contributed by atoms with Gasteiger partial charge in [0.15, 0.2) is 0 Å². The highest BCUT2D eigenvalue weighted by atomic mass is 35.5. The number of aromatic nitrogens is 4. The van der Waals surface area contributed by atoms with Gasteiger partial charge in [-0.25, -0.2) is 9.97 Å². The molecule has 1 aromatic carbocycles. The van der Waals surface area contributed by atoms with Crippen LogP contribution in [0.5, 0.6) is 5.75 Å². The van der Waals surface area contributed by atoms with Crippen LogP contribution in [0, 0.1) is 0 Å². The van der Waals surface area contributed by atoms with E-state index < -0.39 is 0 Å². The molecule has 0 bridgehead atoms. The summed E-state index contributed by atoms with van der Waals surface area (Å²) in [6.45, 7) is 3.07. The molecule has 2 aromatic heterocycles. The molecule has 2 unspecified atom stereocenters. The van der Waals surface area contributed by atoms with E-state index in [4.69, 9.17) is 32.7 Å². The molecule has 2 amide bonds. The van der Waals surface area contributed by atoms with Crippen LogP contribution in [0.25, 0.3) is 5.95 Å². The molecule has 0 saturated carbocycles. The lowest BCUT2D eigenvalue weighted by molar-refractivity contribution is -0.136. The summed E-state index contributed by atoms with van der Waals surface area (Å²) in [5, 5.41) is 3.75. The number of carbonyl (C=O) groups is 2. The summed E-state index contributed by atoms with van der Waals surface area (Å²) in [6, 6.07) is 6.38. The number of ether oxygens (including phenoxy) is 2. The Bertz CT molecular complexity index is 1270. The molecular formula is C25H29Cl2N7O4. The first kappa shape index (κ1) is 27.6. The Labute approximate surface area is 230 Å². The highest BCUT2D eigenvalue weighted by molar-refractivity contribution is 6.32. The Balaban J connectivity index is 1.54. The number of piperazine rings is 1. The molecule has 1 saturated heterocycles. The minimum Gasteiger partial charge on any atom is -0.495 e. The largest absolute Gasteiger partial charge is 0.495 e. The normalized spacial score (nSPS) is 16.3. The van der Waals surface area contributed by atoms with Gasteiger partial charge in [0, 0.05) is 51.6 Å². The van der Waals surface area contributed by atoms with Crippen molar-refractivity contribution in [3.8, 4) is 11.7 Å². The minimum absolute atomic E-state index is 0.0295. The number of nitrogens with zero attached hydrogens (tertiary/aromatic N) is 6. The summed E-state index contributed by atoms with van der Waals surface area (Å²) in [4.78, 5) is 42.5. The van der Waals surface area contributed by atoms with Crippen molar-refractivity contribution in [3.05, 3.63) is 58.7 Å². The number of methoxy groups -OCH3 is 2. The molecule has 3 aromatic rings. The van der Waals surface area contributed by atoms with E-state index >= 15 is 0 Å². The van der Waals surface area contributed by atoms with Gasteiger partial charge < -0.3 is 24.6 Å². The van der Waals surface area contributed by atoms with E-state index in [-0.39, 0.29) is 42.1 Å². The standard InChI is InChI=1S/C25H29Cl2N7O4/c1-16(17-4-5-20(38-3)19(26)10-17)29-23(35)11-18-13-32(24(36)14-37-2)8-9-34(18)22-12-21(27)30-25(31-22)33-7-6-28-15-33/h4-7,10,12,15-16,18H,8-9,11,13-14H2,1-3H3,(H,29,35). The molecule has 38 heavy (non-hydrogen) atoms. The lowest BCUT2D eigenvalue weighted by Crippen LogP contribution is -2.57. The van der Waals surface area contributed by atoms with Gasteiger partial charge in [-0.2, -0.15) is 4.98 Å². The van der Waals surface area contributed by atoms with Crippen LogP contribution in [0.4, 0.5) is 5.82 Å². The molecule has 202 valence electrons. The van der Waals surface area contributed by atoms with Crippen molar-refractivity contribution in [1.82, 2.24) is 29.7 Å². The number of anilines is 1. The van der Waals surface area contributed by atoms with Crippen molar-refractivity contribution in [2.75, 3.05) is 45.4 Å². The summed E-state index contributed by atoms with van der Waals surface area (Å²) in [5.41, 5.74) is 0.842. The third-order valence-electron chi connectivity index (χ3n) is 6.28. The first-order valence-electron chi connectivity index (χ1n) is 12.0. The first-order chi connectivity index (χ1) is 18.3. The van der Waals surface area contributed by atoms with Gasteiger partial charge in [-0.3, -0.25) is 14.2 Å². The van der Waals surface area contributed by atoms with Crippen LogP contribution in [0.2, 0.25) is 10.2 Å². The van der Waals surface area contributed by atoms with Crippen LogP contribution >= 0.6 is 23.2 Å². The number of amides is 2. The van der Waals surface area contributed by atoms with Gasteiger partial charge >= 0.3 is 0 Å². The highest BCUT2D eigenvalue weighted by Gasteiger charge is 2.32. The summed E-state index contributed by atoms with van der Waals surface area (Å²) >= 11 is 12.6. The van der Waals surface area contributed by atoms with Gasteiger partial charge in [0.05, 0.1) is 24.2 Å². The Kier molecular flexibility index (Phi) is 9.03. The third-order valence-corrected chi connectivity index (χ3v) is 6.77. The molecule has 0 spiro atoms. The zero-order valence-corrected chi connectivity index (χ0v) is 22.8. The summed E-state index contributed by atoms with van der Waals surface area (Å²) in [5.74, 6) is 1.15. The number of imidazole rings is 1. The molecule has 1 aliphatic rings. The Morgan fingerprint density at radius 3 is 2.68 bits per heavy atom. The molecule has 1 fully saturated rings. The van der Waals surface area contributed by atoms with E-state index in [9.17, 15) is 9.59 Å². The first-order valence-corrected chi connectivity index (χ1v) is 12.7. The lowest BCUT2D eigenvalue weighted by Gasteiger charge is -2.42. The summed E-state index contributed by atoms with van der Waals surface area (Å²) < 4.78 is 11.9. The molecule has 11 nitrogen and oxygen atoms in total. The fourth-order valence-corrected chi connectivity index (χ4v) is 4.80. The maximum absolute atomic E-state index is 13.2. The highest BCUT2D eigenvalue weighted by Crippen LogP contribution is 2.28. The summed E-state index contributed by atoms with van der Waals surface area (Å²) in [7, 11) is 3.03. The zero-order chi connectivity index (χ0) is 27.2. The molecule has 1 N–H and O–H groups in total. The predicted octanol–water partition coefficient (Wildman–Crippen LogP) is 2.91. The van der Waals surface area contributed by atoms with E-state index in [0.717, 1.165) is 5.56 Å². The van der Waals surface area contributed by atoms with E-state index in [2.05, 4.69) is 20.3 Å². The van der Waals surface area contributed by atoms with E-state index in [1.54, 1.807) is 53.5 Å². The van der Waals surface area contributed by atoms with Crippen LogP contribution in [0.3, 0.4) is 0 Å². The molecule has 1 aliphatic heterocycles. The van der Waals surface area contributed by atoms with Crippen molar-refractivity contribution in [2.45, 2.75) is 25.4 Å². The van der Waals surface area contributed by atoms with E-state index in [0.29, 0.717) is 42.2 Å². The van der Waals surface area contributed by atoms with Crippen molar-refractivity contribution >= 4 is 40.8 Å². The van der Waals surface area contributed by atoms with Crippen molar-refractivity contribution in [1.29, 1.82) is 0 Å². The average Bonchev–Trinajstić information content (AvgIpc) is 3.43. The van der Waals surface area contributed by atoms with Gasteiger partial charge in [0.1, 0.15) is 29.7 Å². The van der Waals surface area contributed by atoms with Crippen LogP contribution in [0.15, 0.2) is 43.0 Å². The topological polar surface area (TPSA) is 115 Å². The zero-order valence-electron chi connectivity index (χ0n) is 21.3. The van der Waals surface area contributed by atoms with Crippen molar-refractivity contribution < 1.29 is 19.1 Å². The van der Waals surface area contributed by atoms with Crippen LogP contribution in [0.1, 0.15) is 24.9 Å². The Morgan fingerprint density at radius 2 is 2.00 bits per heavy atom. The van der Waals surface area contributed by atoms with Crippen LogP contribution < -0.4 is 15.0 Å². The second-order valence-electron chi connectivity index (χ2n) is 8.83. The number of halogens is 2. The molecule has 4 rings (SSSR count). The van der Waals surface area contributed by atoms with Gasteiger partial charge in [0.25, 0.3) is 0 Å². The third kappa shape index (κ3) is 6.53. The number of carbonyl (C=O) groups excluding carboxylic acids is 2. The molecular weight excluding hydrogens is 533 g/mol. The lowest BCUT2D eigenvalue weighted by atomic mass is 10.1. The van der Waals surface area contributed by atoms with Crippen molar-refractivity contribution in [3.63, 3.8) is 0 Å². The summed E-state index contributed by atoms with van der Waals surface area (Å²) in [6.07, 6.45) is 5.03. The average molecular weight is 562 g/mol. The van der Waals surface area contributed by atoms with E-state index in [1.165, 1.54) is 7.11 Å². The molecule has 0 radical (unpaired) electrons. The smallest absolute Gasteiger partial charge is 0.248 e. The number of rotatable bonds is 9. The molecule has 13 heteroatoms. The number of hydrogen-bond acceptors (Lipinski definition) is 8. The number of benzene rings is 1. The second kappa shape index (κ2) is 12.4. The molecule has 3 heterocycles. The second-order valence-corrected chi connectivity index (χ2v) is 9.62. The van der Waals surface area contributed by atoms with Gasteiger partial charge in [-0.05, 0) is 24.6 Å². The maximum atomic E-state index is 13.2. The predicted molar refractivity (Wildman–Crippen MR) is 143 cm³/mol. The van der Waals surface area contributed by atoms with E-state index in [1.807, 2.05) is 17.9 Å². The Morgan fingerprint density at radius 1 is 1.18 bits per heavy atom. The van der Waals surface area contributed by atoms with Crippen molar-refractivity contribution in [2.24, 2.45) is 0 Å². The van der Waals surface area contributed by atoms with Gasteiger partial charge in [0.2, 0.25) is 17.8 Å². The Hall–Kier alpha value is -3.41. The van der Waals surface area contributed by atoms with Crippen LogP contribution in [-0.2, 0) is 14.3 Å². The van der Waals surface area contributed by atoms with Gasteiger partial charge in [-0.1, -0.05) is 29.3 Å². The SMILES string of the molecule is COCC(=O)N1CCN(c2cc(Cl)nc(-n3ccnc3)n2)C(CC(=O)NC(C)c2ccc(OC)c(Cl)c2)C1. The van der Waals surface area contributed by atoms with Crippen LogP contribution in [-0.4, -0.2) is 82.7 Å². The van der Waals surface area contributed by atoms with Gasteiger partial charge in [-0.15, -0.1) is 0 Å². The fraction of sp³-hybridized carbons (Fsp3) is 0.400.